The van der Waals surface area contributed by atoms with Crippen molar-refractivity contribution in [1.82, 2.24) is 9.97 Å². The normalized spacial score (nSPS) is 10.6. The highest BCUT2D eigenvalue weighted by Gasteiger charge is 2.10. The molecule has 0 atom stereocenters. The second-order valence-corrected chi connectivity index (χ2v) is 4.54. The van der Waals surface area contributed by atoms with E-state index in [1.165, 1.54) is 0 Å². The topological polar surface area (TPSA) is 47.0 Å². The predicted molar refractivity (Wildman–Crippen MR) is 70.5 cm³/mol. The molecule has 17 heavy (non-hydrogen) atoms. The first-order valence-electron chi connectivity index (χ1n) is 6.33. The molecule has 96 valence electrons. The molecule has 0 saturated carbocycles. The summed E-state index contributed by atoms with van der Waals surface area (Å²) < 4.78 is 5.75. The van der Waals surface area contributed by atoms with Crippen LogP contribution in [0.4, 0.5) is 5.82 Å². The van der Waals surface area contributed by atoms with E-state index in [-0.39, 0.29) is 0 Å². The van der Waals surface area contributed by atoms with Gasteiger partial charge in [-0.3, -0.25) is 0 Å². The third kappa shape index (κ3) is 4.21. The number of anilines is 1. The van der Waals surface area contributed by atoms with Crippen molar-refractivity contribution in [2.24, 2.45) is 5.92 Å². The van der Waals surface area contributed by atoms with Crippen molar-refractivity contribution in [3.8, 4) is 5.88 Å². The molecule has 0 aliphatic rings. The first-order valence-corrected chi connectivity index (χ1v) is 6.33. The van der Waals surface area contributed by atoms with E-state index >= 15 is 0 Å². The lowest BCUT2D eigenvalue weighted by molar-refractivity contribution is 0.276. The van der Waals surface area contributed by atoms with Crippen molar-refractivity contribution in [3.05, 3.63) is 11.9 Å². The van der Waals surface area contributed by atoms with Crippen LogP contribution in [-0.2, 0) is 6.42 Å². The maximum atomic E-state index is 5.75. The van der Waals surface area contributed by atoms with Gasteiger partial charge >= 0.3 is 0 Å². The maximum absolute atomic E-state index is 5.75. The molecule has 0 bridgehead atoms. The Bertz CT molecular complexity index is 339. The number of nitrogens with zero attached hydrogens (tertiary/aromatic N) is 2. The minimum atomic E-state index is 0.648. The molecule has 0 radical (unpaired) electrons. The Labute approximate surface area is 104 Å². The first kappa shape index (κ1) is 13.7. The average molecular weight is 237 g/mol. The van der Waals surface area contributed by atoms with Crippen molar-refractivity contribution in [1.29, 1.82) is 0 Å². The Kier molecular flexibility index (Phi) is 5.73. The number of hydrogen-bond acceptors (Lipinski definition) is 4. The van der Waals surface area contributed by atoms with Crippen LogP contribution in [0.1, 0.15) is 39.2 Å². The lowest BCUT2D eigenvalue weighted by atomic mass is 10.1. The van der Waals surface area contributed by atoms with Gasteiger partial charge in [-0.15, -0.1) is 0 Å². The first-order chi connectivity index (χ1) is 8.19. The smallest absolute Gasteiger partial charge is 0.221 e. The molecule has 1 N–H and O–H groups in total. The summed E-state index contributed by atoms with van der Waals surface area (Å²) in [4.78, 5) is 8.45. The van der Waals surface area contributed by atoms with E-state index in [0.717, 1.165) is 36.5 Å². The van der Waals surface area contributed by atoms with Crippen LogP contribution < -0.4 is 10.1 Å². The maximum Gasteiger partial charge on any atom is 0.221 e. The van der Waals surface area contributed by atoms with Gasteiger partial charge in [0.1, 0.15) is 12.1 Å². The summed E-state index contributed by atoms with van der Waals surface area (Å²) in [5, 5.41) is 3.09. The van der Waals surface area contributed by atoms with E-state index < -0.39 is 0 Å². The van der Waals surface area contributed by atoms with Crippen molar-refractivity contribution < 1.29 is 4.74 Å². The molecule has 0 spiro atoms. The quantitative estimate of drug-likeness (QED) is 0.792. The van der Waals surface area contributed by atoms with Gasteiger partial charge in [-0.25, -0.2) is 9.97 Å². The molecule has 4 heteroatoms. The molecule has 0 aliphatic carbocycles. The molecule has 0 unspecified atom stereocenters. The van der Waals surface area contributed by atoms with Gasteiger partial charge in [0.15, 0.2) is 0 Å². The molecular formula is C13H23N3O. The van der Waals surface area contributed by atoms with Crippen LogP contribution in [-0.4, -0.2) is 23.6 Å². The second kappa shape index (κ2) is 7.09. The highest BCUT2D eigenvalue weighted by atomic mass is 16.5. The Morgan fingerprint density at radius 2 is 2.12 bits per heavy atom. The standard InChI is InChI=1S/C13H23N3O/c1-5-6-11-12(14-4)15-9-16-13(11)17-8-7-10(2)3/h9-10H,5-8H2,1-4H3,(H,14,15,16). The van der Waals surface area contributed by atoms with E-state index in [9.17, 15) is 0 Å². The van der Waals surface area contributed by atoms with Crippen molar-refractivity contribution >= 4 is 5.82 Å². The van der Waals surface area contributed by atoms with Gasteiger partial charge in [0.05, 0.1) is 12.2 Å². The number of rotatable bonds is 7. The van der Waals surface area contributed by atoms with E-state index in [4.69, 9.17) is 4.74 Å². The van der Waals surface area contributed by atoms with Gasteiger partial charge in [0, 0.05) is 7.05 Å². The summed E-state index contributed by atoms with van der Waals surface area (Å²) >= 11 is 0. The van der Waals surface area contributed by atoms with Crippen LogP contribution >= 0.6 is 0 Å². The lowest BCUT2D eigenvalue weighted by Crippen LogP contribution is -2.08. The SMILES string of the molecule is CCCc1c(NC)ncnc1OCCC(C)C. The summed E-state index contributed by atoms with van der Waals surface area (Å²) in [6.07, 6.45) is 4.59. The van der Waals surface area contributed by atoms with Crippen molar-refractivity contribution in [3.63, 3.8) is 0 Å². The van der Waals surface area contributed by atoms with E-state index in [2.05, 4.69) is 36.1 Å². The molecule has 4 nitrogen and oxygen atoms in total. The Morgan fingerprint density at radius 3 is 2.71 bits per heavy atom. The third-order valence-corrected chi connectivity index (χ3v) is 2.58. The molecular weight excluding hydrogens is 214 g/mol. The minimum Gasteiger partial charge on any atom is -0.477 e. The fraction of sp³-hybridized carbons (Fsp3) is 0.692. The molecule has 0 amide bonds. The van der Waals surface area contributed by atoms with E-state index in [1.54, 1.807) is 6.33 Å². The van der Waals surface area contributed by atoms with Crippen LogP contribution in [0.3, 0.4) is 0 Å². The minimum absolute atomic E-state index is 0.648. The zero-order chi connectivity index (χ0) is 12.7. The molecule has 1 rings (SSSR count). The summed E-state index contributed by atoms with van der Waals surface area (Å²) in [6, 6.07) is 0. The Morgan fingerprint density at radius 1 is 1.35 bits per heavy atom. The van der Waals surface area contributed by atoms with Gasteiger partial charge in [-0.2, -0.15) is 0 Å². The summed E-state index contributed by atoms with van der Waals surface area (Å²) in [5.41, 5.74) is 1.08. The molecule has 0 aromatic carbocycles. The van der Waals surface area contributed by atoms with Crippen molar-refractivity contribution in [2.45, 2.75) is 40.0 Å². The summed E-state index contributed by atoms with van der Waals surface area (Å²) in [7, 11) is 1.87. The zero-order valence-corrected chi connectivity index (χ0v) is 11.3. The van der Waals surface area contributed by atoms with E-state index in [1.807, 2.05) is 7.05 Å². The van der Waals surface area contributed by atoms with Crippen LogP contribution in [0.5, 0.6) is 5.88 Å². The number of nitrogens with one attached hydrogen (secondary N) is 1. The van der Waals surface area contributed by atoms with Gasteiger partial charge in [-0.05, 0) is 18.8 Å². The number of aromatic nitrogens is 2. The zero-order valence-electron chi connectivity index (χ0n) is 11.3. The van der Waals surface area contributed by atoms with E-state index in [0.29, 0.717) is 12.5 Å². The largest absolute Gasteiger partial charge is 0.477 e. The molecule has 1 aromatic heterocycles. The van der Waals surface area contributed by atoms with Gasteiger partial charge in [0.25, 0.3) is 0 Å². The van der Waals surface area contributed by atoms with Gasteiger partial charge in [-0.1, -0.05) is 27.2 Å². The Hall–Kier alpha value is -1.32. The fourth-order valence-corrected chi connectivity index (χ4v) is 1.60. The van der Waals surface area contributed by atoms with Crippen LogP contribution in [0, 0.1) is 5.92 Å². The van der Waals surface area contributed by atoms with Crippen LogP contribution in [0.25, 0.3) is 0 Å². The third-order valence-electron chi connectivity index (χ3n) is 2.58. The summed E-state index contributed by atoms with van der Waals surface area (Å²) in [5.74, 6) is 2.25. The highest BCUT2D eigenvalue weighted by molar-refractivity contribution is 5.48. The highest BCUT2D eigenvalue weighted by Crippen LogP contribution is 2.23. The van der Waals surface area contributed by atoms with Crippen LogP contribution in [0.2, 0.25) is 0 Å². The van der Waals surface area contributed by atoms with Gasteiger partial charge in [0.2, 0.25) is 5.88 Å². The number of ether oxygens (including phenoxy) is 1. The fourth-order valence-electron chi connectivity index (χ4n) is 1.60. The predicted octanol–water partition coefficient (Wildman–Crippen LogP) is 2.90. The monoisotopic (exact) mass is 237 g/mol. The number of hydrogen-bond donors (Lipinski definition) is 1. The molecule has 0 aliphatic heterocycles. The second-order valence-electron chi connectivity index (χ2n) is 4.54. The van der Waals surface area contributed by atoms with Crippen LogP contribution in [0.15, 0.2) is 6.33 Å². The summed E-state index contributed by atoms with van der Waals surface area (Å²) in [6.45, 7) is 7.24. The van der Waals surface area contributed by atoms with Crippen molar-refractivity contribution in [2.75, 3.05) is 19.0 Å². The molecule has 0 fully saturated rings. The average Bonchev–Trinajstić information content (AvgIpc) is 2.30. The lowest BCUT2D eigenvalue weighted by Gasteiger charge is -2.13. The molecule has 1 heterocycles. The molecule has 0 saturated heterocycles. The Balaban J connectivity index is 2.75. The van der Waals surface area contributed by atoms with Gasteiger partial charge < -0.3 is 10.1 Å². The molecule has 1 aromatic rings.